The van der Waals surface area contributed by atoms with Gasteiger partial charge in [-0.15, -0.1) is 0 Å². The molecule has 27 heavy (non-hydrogen) atoms. The summed E-state index contributed by atoms with van der Waals surface area (Å²) in [6.07, 6.45) is 8.24. The highest BCUT2D eigenvalue weighted by molar-refractivity contribution is 5.86. The van der Waals surface area contributed by atoms with Gasteiger partial charge in [-0.3, -0.25) is 9.79 Å². The van der Waals surface area contributed by atoms with Crippen LogP contribution in [0.2, 0.25) is 0 Å². The topological polar surface area (TPSA) is 81.6 Å². The van der Waals surface area contributed by atoms with E-state index in [1.807, 2.05) is 4.90 Å². The Hall–Kier alpha value is -2.38. The molecule has 2 heterocycles. The Morgan fingerprint density at radius 3 is 2.81 bits per heavy atom. The number of aliphatic imine (C=N–C) groups is 1. The van der Waals surface area contributed by atoms with Crippen LogP contribution in [-0.2, 0) is 4.79 Å². The lowest BCUT2D eigenvalue weighted by Gasteiger charge is -2.23. The summed E-state index contributed by atoms with van der Waals surface area (Å²) < 4.78 is 13.9. The van der Waals surface area contributed by atoms with E-state index in [-0.39, 0.29) is 24.3 Å². The van der Waals surface area contributed by atoms with Gasteiger partial charge in [-0.1, -0.05) is 19.3 Å². The minimum Gasteiger partial charge on any atom is -0.352 e. The lowest BCUT2D eigenvalue weighted by Crippen LogP contribution is -2.49. The molecule has 1 aliphatic carbocycles. The monoisotopic (exact) mass is 376 g/mol. The molecule has 1 atom stereocenters. The van der Waals surface area contributed by atoms with Crippen LogP contribution in [0.15, 0.2) is 23.3 Å². The summed E-state index contributed by atoms with van der Waals surface area (Å²) in [6, 6.07) is 3.45. The molecule has 2 fully saturated rings. The molecule has 0 radical (unpaired) electrons. The quantitative estimate of drug-likeness (QED) is 0.535. The first kappa shape index (κ1) is 19.4. The van der Waals surface area contributed by atoms with Gasteiger partial charge >= 0.3 is 0 Å². The maximum absolute atomic E-state index is 13.9. The van der Waals surface area contributed by atoms with E-state index >= 15 is 0 Å². The maximum atomic E-state index is 13.9. The standard InChI is InChI=1S/C19H29FN6O/c1-21-19(23-12-17(27)24-14-6-3-2-4-7-14)25-15-9-11-26(13-15)18-16(20)8-5-10-22-18/h5,8,10,14-15H,2-4,6-7,9,11-13H2,1H3,(H,24,27)(H2,21,23,25). The molecule has 148 valence electrons. The van der Waals surface area contributed by atoms with Crippen LogP contribution in [-0.4, -0.2) is 55.6 Å². The Bertz CT molecular complexity index is 661. The molecular formula is C19H29FN6O. The fourth-order valence-electron chi connectivity index (χ4n) is 3.76. The van der Waals surface area contributed by atoms with Crippen molar-refractivity contribution in [2.75, 3.05) is 31.6 Å². The van der Waals surface area contributed by atoms with Crippen LogP contribution in [0.25, 0.3) is 0 Å². The summed E-state index contributed by atoms with van der Waals surface area (Å²) in [7, 11) is 1.68. The number of anilines is 1. The fraction of sp³-hybridized carbons (Fsp3) is 0.632. The second kappa shape index (κ2) is 9.53. The molecule has 0 spiro atoms. The lowest BCUT2D eigenvalue weighted by molar-refractivity contribution is -0.120. The van der Waals surface area contributed by atoms with E-state index in [1.54, 1.807) is 19.3 Å². The van der Waals surface area contributed by atoms with Gasteiger partial charge < -0.3 is 20.9 Å². The summed E-state index contributed by atoms with van der Waals surface area (Å²) in [5.41, 5.74) is 0. The Labute approximate surface area is 159 Å². The van der Waals surface area contributed by atoms with E-state index in [0.717, 1.165) is 25.8 Å². The van der Waals surface area contributed by atoms with Crippen LogP contribution in [0.1, 0.15) is 38.5 Å². The Balaban J connectivity index is 1.42. The van der Waals surface area contributed by atoms with Gasteiger partial charge in [0.05, 0.1) is 6.54 Å². The Morgan fingerprint density at radius 2 is 2.07 bits per heavy atom. The molecule has 3 rings (SSSR count). The first-order chi connectivity index (χ1) is 13.2. The second-order valence-electron chi connectivity index (χ2n) is 7.21. The van der Waals surface area contributed by atoms with Gasteiger partial charge in [0.1, 0.15) is 0 Å². The molecule has 1 saturated heterocycles. The third kappa shape index (κ3) is 5.55. The third-order valence-corrected chi connectivity index (χ3v) is 5.18. The number of pyridine rings is 1. The molecule has 0 aromatic carbocycles. The van der Waals surface area contributed by atoms with E-state index < -0.39 is 0 Å². The van der Waals surface area contributed by atoms with Crippen molar-refractivity contribution >= 4 is 17.7 Å². The lowest BCUT2D eigenvalue weighted by atomic mass is 9.95. The number of amides is 1. The fourth-order valence-corrected chi connectivity index (χ4v) is 3.76. The molecule has 1 aromatic heterocycles. The number of guanidine groups is 1. The van der Waals surface area contributed by atoms with Gasteiger partial charge in [0, 0.05) is 38.4 Å². The number of hydrogen-bond acceptors (Lipinski definition) is 4. The van der Waals surface area contributed by atoms with Crippen molar-refractivity contribution in [3.63, 3.8) is 0 Å². The zero-order valence-electron chi connectivity index (χ0n) is 15.9. The number of rotatable bonds is 5. The van der Waals surface area contributed by atoms with Crippen molar-refractivity contribution in [2.45, 2.75) is 50.6 Å². The number of aromatic nitrogens is 1. The zero-order chi connectivity index (χ0) is 19.1. The number of hydrogen-bond donors (Lipinski definition) is 3. The molecule has 1 amide bonds. The highest BCUT2D eigenvalue weighted by atomic mass is 19.1. The smallest absolute Gasteiger partial charge is 0.239 e. The molecule has 2 aliphatic rings. The summed E-state index contributed by atoms with van der Waals surface area (Å²) >= 11 is 0. The van der Waals surface area contributed by atoms with E-state index in [2.05, 4.69) is 25.9 Å². The molecule has 1 unspecified atom stereocenters. The van der Waals surface area contributed by atoms with Crippen molar-refractivity contribution in [1.29, 1.82) is 0 Å². The van der Waals surface area contributed by atoms with Crippen LogP contribution in [0.4, 0.5) is 10.2 Å². The predicted octanol–water partition coefficient (Wildman–Crippen LogP) is 1.41. The van der Waals surface area contributed by atoms with Crippen LogP contribution in [0, 0.1) is 5.82 Å². The first-order valence-corrected chi connectivity index (χ1v) is 9.77. The van der Waals surface area contributed by atoms with Crippen molar-refractivity contribution in [3.8, 4) is 0 Å². The minimum atomic E-state index is -0.306. The van der Waals surface area contributed by atoms with Crippen LogP contribution in [0.5, 0.6) is 0 Å². The van der Waals surface area contributed by atoms with Crippen LogP contribution in [0.3, 0.4) is 0 Å². The summed E-state index contributed by atoms with van der Waals surface area (Å²) in [4.78, 5) is 22.4. The van der Waals surface area contributed by atoms with E-state index in [1.165, 1.54) is 25.3 Å². The van der Waals surface area contributed by atoms with Gasteiger partial charge in [-0.05, 0) is 31.4 Å². The second-order valence-corrected chi connectivity index (χ2v) is 7.21. The summed E-state index contributed by atoms with van der Waals surface area (Å²) in [5.74, 6) is 0.659. The Morgan fingerprint density at radius 1 is 1.26 bits per heavy atom. The van der Waals surface area contributed by atoms with Crippen molar-refractivity contribution in [3.05, 3.63) is 24.1 Å². The van der Waals surface area contributed by atoms with Gasteiger partial charge in [0.15, 0.2) is 17.6 Å². The molecule has 1 saturated carbocycles. The van der Waals surface area contributed by atoms with Crippen LogP contribution < -0.4 is 20.9 Å². The van der Waals surface area contributed by atoms with E-state index in [4.69, 9.17) is 0 Å². The summed E-state index contributed by atoms with van der Waals surface area (Å²) in [5, 5.41) is 9.47. The predicted molar refractivity (Wildman–Crippen MR) is 104 cm³/mol. The Kier molecular flexibility index (Phi) is 6.84. The van der Waals surface area contributed by atoms with Gasteiger partial charge in [-0.25, -0.2) is 9.37 Å². The van der Waals surface area contributed by atoms with E-state index in [9.17, 15) is 9.18 Å². The molecule has 3 N–H and O–H groups in total. The molecule has 8 heteroatoms. The molecule has 1 aromatic rings. The normalized spacial score (nSPS) is 21.2. The van der Waals surface area contributed by atoms with Gasteiger partial charge in [0.2, 0.25) is 5.91 Å². The zero-order valence-corrected chi connectivity index (χ0v) is 15.9. The largest absolute Gasteiger partial charge is 0.352 e. The number of carbonyl (C=O) groups is 1. The maximum Gasteiger partial charge on any atom is 0.239 e. The average molecular weight is 376 g/mol. The minimum absolute atomic E-state index is 0.00606. The van der Waals surface area contributed by atoms with Gasteiger partial charge in [-0.2, -0.15) is 0 Å². The number of carbonyl (C=O) groups excluding carboxylic acids is 1. The van der Waals surface area contributed by atoms with Crippen LogP contribution >= 0.6 is 0 Å². The van der Waals surface area contributed by atoms with Crippen molar-refractivity contribution in [1.82, 2.24) is 20.9 Å². The number of nitrogens with zero attached hydrogens (tertiary/aromatic N) is 3. The highest BCUT2D eigenvalue weighted by Crippen LogP contribution is 2.20. The molecule has 1 aliphatic heterocycles. The summed E-state index contributed by atoms with van der Waals surface area (Å²) in [6.45, 7) is 1.56. The van der Waals surface area contributed by atoms with Crippen molar-refractivity contribution < 1.29 is 9.18 Å². The van der Waals surface area contributed by atoms with Crippen molar-refractivity contribution in [2.24, 2.45) is 4.99 Å². The number of halogens is 1. The van der Waals surface area contributed by atoms with Gasteiger partial charge in [0.25, 0.3) is 0 Å². The molecule has 0 bridgehead atoms. The highest BCUT2D eigenvalue weighted by Gasteiger charge is 2.26. The molecule has 7 nitrogen and oxygen atoms in total. The number of nitrogens with one attached hydrogen (secondary N) is 3. The first-order valence-electron chi connectivity index (χ1n) is 9.77. The average Bonchev–Trinajstić information content (AvgIpc) is 3.14. The SMILES string of the molecule is CN=C(NCC(=O)NC1CCCCC1)NC1CCN(c2ncccc2F)C1. The third-order valence-electron chi connectivity index (χ3n) is 5.18. The van der Waals surface area contributed by atoms with E-state index in [0.29, 0.717) is 24.4 Å². The molecular weight excluding hydrogens is 347 g/mol.